The summed E-state index contributed by atoms with van der Waals surface area (Å²) in [6.45, 7) is 7.01. The topological polar surface area (TPSA) is 66.0 Å². The number of nitrogens with one attached hydrogen (secondary N) is 2. The summed E-state index contributed by atoms with van der Waals surface area (Å²) in [6, 6.07) is 0.290. The van der Waals surface area contributed by atoms with Crippen LogP contribution in [0.4, 0.5) is 0 Å². The summed E-state index contributed by atoms with van der Waals surface area (Å²) in [6.07, 6.45) is 6.87. The van der Waals surface area contributed by atoms with Crippen molar-refractivity contribution in [2.45, 2.75) is 57.1 Å². The van der Waals surface area contributed by atoms with Crippen LogP contribution < -0.4 is 10.6 Å². The van der Waals surface area contributed by atoms with Crippen molar-refractivity contribution in [3.63, 3.8) is 0 Å². The first-order chi connectivity index (χ1) is 11.7. The maximum absolute atomic E-state index is 12.4. The number of carbonyl (C=O) groups excluding carboxylic acids is 1. The minimum absolute atomic E-state index is 0.0339. The van der Waals surface area contributed by atoms with Crippen molar-refractivity contribution in [2.75, 3.05) is 32.7 Å². The molecule has 2 aliphatic carbocycles. The SMILES string of the molecule is CCN1CC[C@H](NCC2CC2)[C@@]2(CC(C(=O)NCC3CC3)=NO2)C1. The summed E-state index contributed by atoms with van der Waals surface area (Å²) in [5.74, 6) is 1.49. The largest absolute Gasteiger partial charge is 0.385 e. The zero-order valence-electron chi connectivity index (χ0n) is 14.7. The van der Waals surface area contributed by atoms with E-state index >= 15 is 0 Å². The van der Waals surface area contributed by atoms with Gasteiger partial charge >= 0.3 is 0 Å². The molecule has 1 saturated heterocycles. The summed E-state index contributed by atoms with van der Waals surface area (Å²) in [5.41, 5.74) is 0.210. The van der Waals surface area contributed by atoms with Crippen LogP contribution in [0.15, 0.2) is 5.16 Å². The minimum Gasteiger partial charge on any atom is -0.385 e. The van der Waals surface area contributed by atoms with Crippen LogP contribution in [0, 0.1) is 11.8 Å². The summed E-state index contributed by atoms with van der Waals surface area (Å²) >= 11 is 0. The molecular weight excluding hydrogens is 304 g/mol. The van der Waals surface area contributed by atoms with Gasteiger partial charge in [0.25, 0.3) is 5.91 Å². The molecule has 2 saturated carbocycles. The summed E-state index contributed by atoms with van der Waals surface area (Å²) < 4.78 is 0. The molecule has 0 unspecified atom stereocenters. The van der Waals surface area contributed by atoms with E-state index in [1.807, 2.05) is 0 Å². The van der Waals surface area contributed by atoms with Crippen molar-refractivity contribution >= 4 is 11.6 Å². The number of likely N-dealkylation sites (tertiary alicyclic amines) is 1. The molecule has 134 valence electrons. The molecule has 0 aromatic rings. The van der Waals surface area contributed by atoms with Crippen molar-refractivity contribution in [3.8, 4) is 0 Å². The molecular formula is C18H30N4O2. The second-order valence-corrected chi connectivity index (χ2v) is 8.09. The van der Waals surface area contributed by atoms with Crippen LogP contribution in [0.1, 0.15) is 45.4 Å². The highest BCUT2D eigenvalue weighted by atomic mass is 16.7. The molecule has 2 atom stereocenters. The van der Waals surface area contributed by atoms with Gasteiger partial charge in [0.1, 0.15) is 5.71 Å². The molecule has 0 aromatic carbocycles. The first-order valence-electron chi connectivity index (χ1n) is 9.67. The zero-order valence-corrected chi connectivity index (χ0v) is 14.7. The highest BCUT2D eigenvalue weighted by molar-refractivity contribution is 6.39. The summed E-state index contributed by atoms with van der Waals surface area (Å²) in [4.78, 5) is 20.8. The number of likely N-dealkylation sites (N-methyl/N-ethyl adjacent to an activating group) is 1. The van der Waals surface area contributed by atoms with Gasteiger partial charge in [-0.25, -0.2) is 0 Å². The number of oxime groups is 1. The Morgan fingerprint density at radius 1 is 1.25 bits per heavy atom. The average Bonchev–Trinajstić information content (AvgIpc) is 3.51. The molecule has 4 rings (SSSR count). The number of piperidine rings is 1. The fourth-order valence-corrected chi connectivity index (χ4v) is 3.88. The standard InChI is InChI=1S/C18H30N4O2/c1-2-22-8-7-16(19-10-13-3-4-13)18(12-22)9-15(21-24-18)17(23)20-11-14-5-6-14/h13-14,16,19H,2-12H2,1H3,(H,20,23)/t16-,18+/m0/s1. The van der Waals surface area contributed by atoms with E-state index in [2.05, 4.69) is 27.6 Å². The van der Waals surface area contributed by atoms with E-state index in [1.165, 1.54) is 25.7 Å². The van der Waals surface area contributed by atoms with Gasteiger partial charge < -0.3 is 15.5 Å². The number of hydrogen-bond acceptors (Lipinski definition) is 5. The van der Waals surface area contributed by atoms with Crippen LogP contribution >= 0.6 is 0 Å². The van der Waals surface area contributed by atoms with Gasteiger partial charge in [-0.15, -0.1) is 0 Å². The Hall–Kier alpha value is -1.14. The molecule has 2 heterocycles. The molecule has 2 aliphatic heterocycles. The number of carbonyl (C=O) groups is 1. The van der Waals surface area contributed by atoms with Crippen LogP contribution in [-0.4, -0.2) is 60.9 Å². The minimum atomic E-state index is -0.366. The van der Waals surface area contributed by atoms with Crippen molar-refractivity contribution in [3.05, 3.63) is 0 Å². The third-order valence-electron chi connectivity index (χ3n) is 5.97. The Labute approximate surface area is 144 Å². The molecule has 24 heavy (non-hydrogen) atoms. The van der Waals surface area contributed by atoms with E-state index in [4.69, 9.17) is 4.84 Å². The lowest BCUT2D eigenvalue weighted by atomic mass is 9.83. The highest BCUT2D eigenvalue weighted by Crippen LogP contribution is 2.35. The Bertz CT molecular complexity index is 515. The van der Waals surface area contributed by atoms with Crippen LogP contribution in [0.25, 0.3) is 0 Å². The van der Waals surface area contributed by atoms with Gasteiger partial charge in [-0.1, -0.05) is 12.1 Å². The van der Waals surface area contributed by atoms with Crippen molar-refractivity contribution < 1.29 is 9.63 Å². The number of hydrogen-bond donors (Lipinski definition) is 2. The van der Waals surface area contributed by atoms with Gasteiger partial charge in [0, 0.05) is 19.5 Å². The van der Waals surface area contributed by atoms with Crippen molar-refractivity contribution in [2.24, 2.45) is 17.0 Å². The predicted molar refractivity (Wildman–Crippen MR) is 92.8 cm³/mol. The normalized spacial score (nSPS) is 33.4. The maximum atomic E-state index is 12.4. The predicted octanol–water partition coefficient (Wildman–Crippen LogP) is 1.12. The fraction of sp³-hybridized carbons (Fsp3) is 0.889. The summed E-state index contributed by atoms with van der Waals surface area (Å²) in [5, 5.41) is 11.0. The van der Waals surface area contributed by atoms with E-state index < -0.39 is 0 Å². The van der Waals surface area contributed by atoms with Gasteiger partial charge in [0.05, 0.1) is 6.04 Å². The molecule has 0 radical (unpaired) electrons. The van der Waals surface area contributed by atoms with E-state index in [-0.39, 0.29) is 11.5 Å². The Morgan fingerprint density at radius 3 is 2.71 bits per heavy atom. The lowest BCUT2D eigenvalue weighted by molar-refractivity contribution is -0.115. The molecule has 2 N–H and O–H groups in total. The van der Waals surface area contributed by atoms with E-state index in [9.17, 15) is 4.79 Å². The van der Waals surface area contributed by atoms with E-state index in [0.717, 1.165) is 45.1 Å². The molecule has 6 heteroatoms. The quantitative estimate of drug-likeness (QED) is 0.732. The van der Waals surface area contributed by atoms with Gasteiger partial charge in [-0.2, -0.15) is 0 Å². The van der Waals surface area contributed by atoms with Crippen LogP contribution in [0.5, 0.6) is 0 Å². The van der Waals surface area contributed by atoms with Crippen molar-refractivity contribution in [1.82, 2.24) is 15.5 Å². The Balaban J connectivity index is 1.38. The lowest BCUT2D eigenvalue weighted by Gasteiger charge is -2.44. The molecule has 1 spiro atoms. The Kier molecular flexibility index (Phi) is 4.52. The smallest absolute Gasteiger partial charge is 0.269 e. The molecule has 0 aromatic heterocycles. The maximum Gasteiger partial charge on any atom is 0.269 e. The van der Waals surface area contributed by atoms with Crippen molar-refractivity contribution in [1.29, 1.82) is 0 Å². The van der Waals surface area contributed by atoms with Crippen LogP contribution in [0.2, 0.25) is 0 Å². The monoisotopic (exact) mass is 334 g/mol. The second-order valence-electron chi connectivity index (χ2n) is 8.09. The van der Waals surface area contributed by atoms with Gasteiger partial charge in [0.2, 0.25) is 0 Å². The highest BCUT2D eigenvalue weighted by Gasteiger charge is 2.51. The van der Waals surface area contributed by atoms with Gasteiger partial charge in [-0.05, 0) is 63.6 Å². The molecule has 1 amide bonds. The molecule has 4 aliphatic rings. The lowest BCUT2D eigenvalue weighted by Crippen LogP contribution is -2.62. The first kappa shape index (κ1) is 16.3. The van der Waals surface area contributed by atoms with Crippen LogP contribution in [0.3, 0.4) is 0 Å². The zero-order chi connectivity index (χ0) is 16.6. The summed E-state index contributed by atoms with van der Waals surface area (Å²) in [7, 11) is 0. The number of rotatable bonds is 7. The van der Waals surface area contributed by atoms with E-state index in [0.29, 0.717) is 24.1 Å². The first-order valence-corrected chi connectivity index (χ1v) is 9.67. The van der Waals surface area contributed by atoms with Gasteiger partial charge in [0.15, 0.2) is 5.60 Å². The second kappa shape index (κ2) is 6.64. The number of nitrogens with zero attached hydrogens (tertiary/aromatic N) is 2. The van der Waals surface area contributed by atoms with E-state index in [1.54, 1.807) is 0 Å². The molecule has 3 fully saturated rings. The Morgan fingerprint density at radius 2 is 2.00 bits per heavy atom. The third-order valence-corrected chi connectivity index (χ3v) is 5.97. The van der Waals surface area contributed by atoms with Crippen LogP contribution in [-0.2, 0) is 9.63 Å². The fourth-order valence-electron chi connectivity index (χ4n) is 3.88. The third kappa shape index (κ3) is 3.59. The number of amides is 1. The molecule has 0 bridgehead atoms. The molecule has 6 nitrogen and oxygen atoms in total. The van der Waals surface area contributed by atoms with Gasteiger partial charge in [-0.3, -0.25) is 9.69 Å². The average molecular weight is 334 g/mol.